The summed E-state index contributed by atoms with van der Waals surface area (Å²) in [5, 5.41) is 15.0. The smallest absolute Gasteiger partial charge is 0.244 e. The van der Waals surface area contributed by atoms with Gasteiger partial charge in [-0.05, 0) is 12.1 Å². The van der Waals surface area contributed by atoms with Crippen molar-refractivity contribution in [2.45, 2.75) is 18.3 Å². The van der Waals surface area contributed by atoms with Crippen LogP contribution in [0.25, 0.3) is 11.1 Å². The molecule has 4 nitrogen and oxygen atoms in total. The second-order valence-electron chi connectivity index (χ2n) is 5.53. The van der Waals surface area contributed by atoms with Crippen molar-refractivity contribution in [2.75, 3.05) is 11.9 Å². The van der Waals surface area contributed by atoms with Gasteiger partial charge < -0.3 is 15.7 Å². The highest BCUT2D eigenvalue weighted by molar-refractivity contribution is 6.33. The first-order valence-corrected chi connectivity index (χ1v) is 7.76. The van der Waals surface area contributed by atoms with E-state index in [0.29, 0.717) is 10.6 Å². The van der Waals surface area contributed by atoms with Crippen molar-refractivity contribution in [3.05, 3.63) is 53.3 Å². The molecule has 3 rings (SSSR count). The molecule has 0 aromatic heterocycles. The molecule has 3 atom stereocenters. The summed E-state index contributed by atoms with van der Waals surface area (Å²) in [4.78, 5) is 12.1. The van der Waals surface area contributed by atoms with Crippen LogP contribution in [-0.2, 0) is 4.79 Å². The largest absolute Gasteiger partial charge is 0.388 e. The van der Waals surface area contributed by atoms with Gasteiger partial charge in [0.2, 0.25) is 5.91 Å². The fourth-order valence-electron chi connectivity index (χ4n) is 2.66. The number of alkyl halides is 1. The molecule has 1 heterocycles. The van der Waals surface area contributed by atoms with Crippen LogP contribution in [0.3, 0.4) is 0 Å². The van der Waals surface area contributed by atoms with Gasteiger partial charge in [-0.1, -0.05) is 41.9 Å². The summed E-state index contributed by atoms with van der Waals surface area (Å²) >= 11 is 6.09. The Hall–Kier alpha value is -2.02. The van der Waals surface area contributed by atoms with E-state index in [0.717, 1.165) is 0 Å². The molecule has 0 radical (unpaired) electrons. The average molecular weight is 353 g/mol. The van der Waals surface area contributed by atoms with Crippen LogP contribution in [0.5, 0.6) is 0 Å². The lowest BCUT2D eigenvalue weighted by Crippen LogP contribution is -2.43. The predicted octanol–water partition coefficient (Wildman–Crippen LogP) is 2.76. The number of hydrogen-bond donors (Lipinski definition) is 3. The van der Waals surface area contributed by atoms with Crippen LogP contribution in [0, 0.1) is 5.82 Å². The number of anilines is 1. The van der Waals surface area contributed by atoms with Gasteiger partial charge in [-0.3, -0.25) is 4.79 Å². The highest BCUT2D eigenvalue weighted by Gasteiger charge is 2.39. The summed E-state index contributed by atoms with van der Waals surface area (Å²) in [5.41, 5.74) is 0.672. The minimum Gasteiger partial charge on any atom is -0.388 e. The fourth-order valence-corrected chi connectivity index (χ4v) is 2.90. The molecule has 1 amide bonds. The highest BCUT2D eigenvalue weighted by Crippen LogP contribution is 2.32. The Balaban J connectivity index is 1.87. The van der Waals surface area contributed by atoms with E-state index in [1.54, 1.807) is 36.4 Å². The minimum absolute atomic E-state index is 0.0614. The highest BCUT2D eigenvalue weighted by atomic mass is 35.5. The lowest BCUT2D eigenvalue weighted by atomic mass is 10.0. The number of aliphatic hydroxyl groups excluding tert-OH is 1. The van der Waals surface area contributed by atoms with Crippen molar-refractivity contribution in [1.82, 2.24) is 5.32 Å². The van der Waals surface area contributed by atoms with Gasteiger partial charge in [0.1, 0.15) is 18.3 Å². The molecule has 126 valence electrons. The lowest BCUT2D eigenvalue weighted by Gasteiger charge is -2.16. The zero-order chi connectivity index (χ0) is 17.3. The third kappa shape index (κ3) is 3.13. The average Bonchev–Trinajstić information content (AvgIpc) is 2.90. The van der Waals surface area contributed by atoms with Crippen molar-refractivity contribution in [2.24, 2.45) is 0 Å². The van der Waals surface area contributed by atoms with E-state index in [4.69, 9.17) is 11.6 Å². The first-order chi connectivity index (χ1) is 11.5. The number of halogens is 3. The summed E-state index contributed by atoms with van der Waals surface area (Å²) in [6.45, 7) is -0.124. The Morgan fingerprint density at radius 1 is 1.21 bits per heavy atom. The summed E-state index contributed by atoms with van der Waals surface area (Å²) in [7, 11) is 0. The fraction of sp³-hybridized carbons (Fsp3) is 0.235. The monoisotopic (exact) mass is 352 g/mol. The number of rotatable bonds is 3. The Morgan fingerprint density at radius 3 is 2.58 bits per heavy atom. The number of carbonyl (C=O) groups is 1. The Morgan fingerprint density at radius 2 is 1.92 bits per heavy atom. The summed E-state index contributed by atoms with van der Waals surface area (Å²) in [6, 6.07) is 10.2. The van der Waals surface area contributed by atoms with Crippen LogP contribution >= 0.6 is 11.6 Å². The molecule has 0 aliphatic carbocycles. The first-order valence-electron chi connectivity index (χ1n) is 7.39. The molecule has 0 bridgehead atoms. The molecule has 24 heavy (non-hydrogen) atoms. The first kappa shape index (κ1) is 16.8. The molecule has 2 aromatic rings. The third-order valence-electron chi connectivity index (χ3n) is 3.95. The summed E-state index contributed by atoms with van der Waals surface area (Å²) in [5.74, 6) is -1.35. The van der Waals surface area contributed by atoms with Crippen molar-refractivity contribution >= 4 is 23.2 Å². The van der Waals surface area contributed by atoms with Gasteiger partial charge in [-0.25, -0.2) is 8.78 Å². The lowest BCUT2D eigenvalue weighted by molar-refractivity contribution is -0.120. The van der Waals surface area contributed by atoms with Gasteiger partial charge in [-0.2, -0.15) is 0 Å². The number of nitrogens with one attached hydrogen (secondary N) is 2. The van der Waals surface area contributed by atoms with Gasteiger partial charge in [0.15, 0.2) is 5.82 Å². The van der Waals surface area contributed by atoms with Crippen LogP contribution in [0.4, 0.5) is 14.5 Å². The number of carbonyl (C=O) groups excluding carboxylic acids is 1. The molecular weight excluding hydrogens is 338 g/mol. The molecule has 0 unspecified atom stereocenters. The zero-order valence-electron chi connectivity index (χ0n) is 12.5. The molecule has 3 N–H and O–H groups in total. The van der Waals surface area contributed by atoms with Gasteiger partial charge >= 0.3 is 0 Å². The van der Waals surface area contributed by atoms with E-state index in [2.05, 4.69) is 10.6 Å². The molecule has 1 aliphatic heterocycles. The molecule has 1 saturated heterocycles. The standard InChI is InChI=1S/C17H15ClF2N2O2/c18-11-6-2-1-4-9(11)10-5-3-7-13(14(10)20)22-17(24)15-16(23)12(19)8-21-15/h1-7,12,15-16,21,23H,8H2,(H,22,24)/t12-,15-,16+/m0/s1. The number of hydrogen-bond acceptors (Lipinski definition) is 3. The predicted molar refractivity (Wildman–Crippen MR) is 88.2 cm³/mol. The molecule has 0 spiro atoms. The van der Waals surface area contributed by atoms with Crippen LogP contribution in [-0.4, -0.2) is 35.9 Å². The maximum absolute atomic E-state index is 14.7. The van der Waals surface area contributed by atoms with Gasteiger partial charge in [-0.15, -0.1) is 0 Å². The third-order valence-corrected chi connectivity index (χ3v) is 4.28. The maximum atomic E-state index is 14.7. The van der Waals surface area contributed by atoms with E-state index >= 15 is 0 Å². The second-order valence-corrected chi connectivity index (χ2v) is 5.94. The quantitative estimate of drug-likeness (QED) is 0.796. The molecule has 2 aromatic carbocycles. The van der Waals surface area contributed by atoms with E-state index in [1.807, 2.05) is 0 Å². The number of aliphatic hydroxyl groups is 1. The maximum Gasteiger partial charge on any atom is 0.244 e. The summed E-state index contributed by atoms with van der Waals surface area (Å²) < 4.78 is 28.0. The minimum atomic E-state index is -1.53. The van der Waals surface area contributed by atoms with Crippen LogP contribution in [0.1, 0.15) is 0 Å². The van der Waals surface area contributed by atoms with Gasteiger partial charge in [0, 0.05) is 22.7 Å². The van der Waals surface area contributed by atoms with Crippen molar-refractivity contribution < 1.29 is 18.7 Å². The van der Waals surface area contributed by atoms with E-state index in [1.165, 1.54) is 6.07 Å². The Bertz CT molecular complexity index is 772. The zero-order valence-corrected chi connectivity index (χ0v) is 13.2. The van der Waals surface area contributed by atoms with Crippen LogP contribution in [0.2, 0.25) is 5.02 Å². The van der Waals surface area contributed by atoms with Crippen molar-refractivity contribution in [1.29, 1.82) is 0 Å². The Labute approximate surface area is 142 Å². The van der Waals surface area contributed by atoms with E-state index < -0.39 is 30.0 Å². The molecular formula is C17H15ClF2N2O2. The molecule has 0 saturated carbocycles. The van der Waals surface area contributed by atoms with Gasteiger partial charge in [0.05, 0.1) is 5.69 Å². The molecule has 1 aliphatic rings. The second kappa shape index (κ2) is 6.84. The SMILES string of the molecule is O=C(Nc1cccc(-c2ccccc2Cl)c1F)[C@H]1NC[C@H](F)[C@H]1O. The van der Waals surface area contributed by atoms with Crippen molar-refractivity contribution in [3.8, 4) is 11.1 Å². The topological polar surface area (TPSA) is 61.4 Å². The molecule has 7 heteroatoms. The van der Waals surface area contributed by atoms with E-state index in [-0.39, 0.29) is 17.8 Å². The summed E-state index contributed by atoms with van der Waals surface area (Å²) in [6.07, 6.45) is -2.99. The Kier molecular flexibility index (Phi) is 4.80. The van der Waals surface area contributed by atoms with Gasteiger partial charge in [0.25, 0.3) is 0 Å². The normalized spacial score (nSPS) is 23.2. The van der Waals surface area contributed by atoms with Crippen molar-refractivity contribution in [3.63, 3.8) is 0 Å². The molecule has 1 fully saturated rings. The number of benzene rings is 2. The van der Waals surface area contributed by atoms with E-state index in [9.17, 15) is 18.7 Å². The van der Waals surface area contributed by atoms with Crippen LogP contribution < -0.4 is 10.6 Å². The van der Waals surface area contributed by atoms with Crippen LogP contribution in [0.15, 0.2) is 42.5 Å². The number of amides is 1.